The molecule has 0 bridgehead atoms. The molecule has 0 unspecified atom stereocenters. The van der Waals surface area contributed by atoms with Crippen LogP contribution in [0.1, 0.15) is 41.4 Å². The Labute approximate surface area is 118 Å². The SMILES string of the molecule is COC(=O)c1nn(Cc2ccc(C(C)C)cc2)cc1N. The maximum absolute atomic E-state index is 11.4. The van der Waals surface area contributed by atoms with Gasteiger partial charge in [0.25, 0.3) is 0 Å². The lowest BCUT2D eigenvalue weighted by molar-refractivity contribution is 0.0594. The lowest BCUT2D eigenvalue weighted by atomic mass is 10.0. The van der Waals surface area contributed by atoms with Gasteiger partial charge < -0.3 is 10.5 Å². The summed E-state index contributed by atoms with van der Waals surface area (Å²) in [5, 5.41) is 4.15. The molecule has 20 heavy (non-hydrogen) atoms. The highest BCUT2D eigenvalue weighted by Crippen LogP contribution is 2.16. The number of hydrogen-bond acceptors (Lipinski definition) is 4. The van der Waals surface area contributed by atoms with Gasteiger partial charge in [0, 0.05) is 6.20 Å². The van der Waals surface area contributed by atoms with Crippen molar-refractivity contribution < 1.29 is 9.53 Å². The molecule has 2 N–H and O–H groups in total. The number of ether oxygens (including phenoxy) is 1. The van der Waals surface area contributed by atoms with Gasteiger partial charge in [0.15, 0.2) is 5.69 Å². The summed E-state index contributed by atoms with van der Waals surface area (Å²) in [6.07, 6.45) is 1.64. The fourth-order valence-electron chi connectivity index (χ4n) is 1.97. The molecule has 1 aromatic carbocycles. The van der Waals surface area contributed by atoms with Gasteiger partial charge in [-0.05, 0) is 17.0 Å². The fraction of sp³-hybridized carbons (Fsp3) is 0.333. The Morgan fingerprint density at radius 2 is 2.00 bits per heavy atom. The molecular formula is C15H19N3O2. The molecule has 0 aliphatic heterocycles. The molecule has 0 fully saturated rings. The van der Waals surface area contributed by atoms with E-state index in [0.717, 1.165) is 5.56 Å². The molecule has 0 aliphatic carbocycles. The number of anilines is 1. The van der Waals surface area contributed by atoms with Crippen molar-refractivity contribution in [2.45, 2.75) is 26.3 Å². The first-order valence-electron chi connectivity index (χ1n) is 6.51. The molecule has 106 valence electrons. The third-order valence-electron chi connectivity index (χ3n) is 3.16. The number of carbonyl (C=O) groups excluding carboxylic acids is 1. The smallest absolute Gasteiger partial charge is 0.360 e. The number of methoxy groups -OCH3 is 1. The largest absolute Gasteiger partial charge is 0.464 e. The van der Waals surface area contributed by atoms with Crippen LogP contribution in [-0.4, -0.2) is 22.9 Å². The Morgan fingerprint density at radius 3 is 2.55 bits per heavy atom. The zero-order chi connectivity index (χ0) is 14.7. The fourth-order valence-corrected chi connectivity index (χ4v) is 1.97. The third kappa shape index (κ3) is 2.99. The average molecular weight is 273 g/mol. The van der Waals surface area contributed by atoms with Gasteiger partial charge in [-0.3, -0.25) is 4.68 Å². The molecule has 5 heteroatoms. The first-order valence-corrected chi connectivity index (χ1v) is 6.51. The number of nitrogen functional groups attached to an aromatic ring is 1. The molecule has 0 amide bonds. The van der Waals surface area contributed by atoms with E-state index in [1.165, 1.54) is 12.7 Å². The molecule has 0 spiro atoms. The van der Waals surface area contributed by atoms with Crippen molar-refractivity contribution in [1.82, 2.24) is 9.78 Å². The van der Waals surface area contributed by atoms with E-state index in [1.807, 2.05) is 0 Å². The highest BCUT2D eigenvalue weighted by atomic mass is 16.5. The van der Waals surface area contributed by atoms with Crippen molar-refractivity contribution >= 4 is 11.7 Å². The Balaban J connectivity index is 2.16. The summed E-state index contributed by atoms with van der Waals surface area (Å²) in [5.41, 5.74) is 8.64. The van der Waals surface area contributed by atoms with Crippen LogP contribution in [0.15, 0.2) is 30.5 Å². The van der Waals surface area contributed by atoms with Gasteiger partial charge in [0.2, 0.25) is 0 Å². The van der Waals surface area contributed by atoms with Crippen LogP contribution < -0.4 is 5.73 Å². The highest BCUT2D eigenvalue weighted by molar-refractivity contribution is 5.92. The van der Waals surface area contributed by atoms with Gasteiger partial charge in [-0.25, -0.2) is 4.79 Å². The van der Waals surface area contributed by atoms with E-state index in [4.69, 9.17) is 5.73 Å². The summed E-state index contributed by atoms with van der Waals surface area (Å²) in [4.78, 5) is 11.4. The van der Waals surface area contributed by atoms with Crippen molar-refractivity contribution in [3.8, 4) is 0 Å². The van der Waals surface area contributed by atoms with E-state index in [1.54, 1.807) is 10.9 Å². The van der Waals surface area contributed by atoms with Crippen molar-refractivity contribution in [2.75, 3.05) is 12.8 Å². The summed E-state index contributed by atoms with van der Waals surface area (Å²) < 4.78 is 6.27. The molecule has 0 saturated carbocycles. The molecule has 0 saturated heterocycles. The molecule has 1 aromatic heterocycles. The molecule has 0 radical (unpaired) electrons. The maximum Gasteiger partial charge on any atom is 0.360 e. The predicted octanol–water partition coefficient (Wildman–Crippen LogP) is 2.42. The molecule has 2 rings (SSSR count). The standard InChI is InChI=1S/C15H19N3O2/c1-10(2)12-6-4-11(5-7-12)8-18-9-13(16)14(17-18)15(19)20-3/h4-7,9-10H,8,16H2,1-3H3. The molecule has 0 atom stereocenters. The van der Waals surface area contributed by atoms with Crippen LogP contribution in [0.5, 0.6) is 0 Å². The number of carbonyl (C=O) groups is 1. The van der Waals surface area contributed by atoms with Crippen LogP contribution in [-0.2, 0) is 11.3 Å². The van der Waals surface area contributed by atoms with Crippen molar-refractivity contribution in [3.05, 3.63) is 47.3 Å². The Morgan fingerprint density at radius 1 is 1.35 bits per heavy atom. The van der Waals surface area contributed by atoms with E-state index in [2.05, 4.69) is 47.9 Å². The Hall–Kier alpha value is -2.30. The number of esters is 1. The molecule has 2 aromatic rings. The number of nitrogens with two attached hydrogens (primary N) is 1. The van der Waals surface area contributed by atoms with Gasteiger partial charge in [0.1, 0.15) is 0 Å². The minimum atomic E-state index is -0.517. The normalized spacial score (nSPS) is 10.8. The van der Waals surface area contributed by atoms with Gasteiger partial charge in [-0.15, -0.1) is 0 Å². The van der Waals surface area contributed by atoms with Gasteiger partial charge in [-0.2, -0.15) is 5.10 Å². The van der Waals surface area contributed by atoms with Crippen LogP contribution in [0.3, 0.4) is 0 Å². The van der Waals surface area contributed by atoms with Crippen LogP contribution in [0.4, 0.5) is 5.69 Å². The minimum absolute atomic E-state index is 0.159. The second-order valence-corrected chi connectivity index (χ2v) is 5.02. The average Bonchev–Trinajstić information content (AvgIpc) is 2.79. The maximum atomic E-state index is 11.4. The Bertz CT molecular complexity index is 600. The first kappa shape index (κ1) is 14.1. The molecular weight excluding hydrogens is 254 g/mol. The minimum Gasteiger partial charge on any atom is -0.464 e. The number of hydrogen-bond donors (Lipinski definition) is 1. The summed E-state index contributed by atoms with van der Waals surface area (Å²) in [5.74, 6) is -0.00766. The lowest BCUT2D eigenvalue weighted by Gasteiger charge is -2.07. The summed E-state index contributed by atoms with van der Waals surface area (Å²) in [6, 6.07) is 8.33. The van der Waals surface area contributed by atoms with Gasteiger partial charge >= 0.3 is 5.97 Å². The molecule has 5 nitrogen and oxygen atoms in total. The van der Waals surface area contributed by atoms with E-state index in [9.17, 15) is 4.79 Å². The van der Waals surface area contributed by atoms with Gasteiger partial charge in [-0.1, -0.05) is 38.1 Å². The Kier molecular flexibility index (Phi) is 4.08. The van der Waals surface area contributed by atoms with Crippen molar-refractivity contribution in [2.24, 2.45) is 0 Å². The quantitative estimate of drug-likeness (QED) is 0.868. The monoisotopic (exact) mass is 273 g/mol. The highest BCUT2D eigenvalue weighted by Gasteiger charge is 2.15. The lowest BCUT2D eigenvalue weighted by Crippen LogP contribution is -2.07. The topological polar surface area (TPSA) is 70.1 Å². The van der Waals surface area contributed by atoms with Crippen LogP contribution in [0.2, 0.25) is 0 Å². The second-order valence-electron chi connectivity index (χ2n) is 5.02. The third-order valence-corrected chi connectivity index (χ3v) is 3.16. The summed E-state index contributed by atoms with van der Waals surface area (Å²) in [7, 11) is 1.31. The zero-order valence-electron chi connectivity index (χ0n) is 12.0. The zero-order valence-corrected chi connectivity index (χ0v) is 12.0. The number of rotatable bonds is 4. The van der Waals surface area contributed by atoms with E-state index in [-0.39, 0.29) is 5.69 Å². The summed E-state index contributed by atoms with van der Waals surface area (Å²) in [6.45, 7) is 4.89. The number of nitrogens with zero attached hydrogens (tertiary/aromatic N) is 2. The first-order chi connectivity index (χ1) is 9.51. The number of benzene rings is 1. The van der Waals surface area contributed by atoms with E-state index < -0.39 is 5.97 Å². The van der Waals surface area contributed by atoms with Crippen LogP contribution >= 0.6 is 0 Å². The van der Waals surface area contributed by atoms with Crippen molar-refractivity contribution in [3.63, 3.8) is 0 Å². The van der Waals surface area contributed by atoms with Crippen LogP contribution in [0.25, 0.3) is 0 Å². The second kappa shape index (κ2) is 5.77. The van der Waals surface area contributed by atoms with E-state index >= 15 is 0 Å². The molecule has 1 heterocycles. The predicted molar refractivity (Wildman–Crippen MR) is 77.6 cm³/mol. The summed E-state index contributed by atoms with van der Waals surface area (Å²) >= 11 is 0. The van der Waals surface area contributed by atoms with Crippen molar-refractivity contribution in [1.29, 1.82) is 0 Å². The number of aromatic nitrogens is 2. The van der Waals surface area contributed by atoms with E-state index in [0.29, 0.717) is 18.2 Å². The van der Waals surface area contributed by atoms with Crippen LogP contribution in [0, 0.1) is 0 Å². The van der Waals surface area contributed by atoms with Gasteiger partial charge in [0.05, 0.1) is 19.3 Å². The molecule has 0 aliphatic rings.